The Morgan fingerprint density at radius 1 is 0.771 bits per heavy atom. The monoisotopic (exact) mass is 477 g/mol. The Kier molecular flexibility index (Phi) is 6.92. The van der Waals surface area contributed by atoms with Gasteiger partial charge >= 0.3 is 0 Å². The minimum Gasteiger partial charge on any atom is -0.471 e. The second-order valence-corrected chi connectivity index (χ2v) is 8.89. The second-order valence-electron chi connectivity index (χ2n) is 7.77. The zero-order valence-electron chi connectivity index (χ0n) is 18.9. The maximum Gasteiger partial charge on any atom is 0.276 e. The first-order chi connectivity index (χ1) is 17.2. The number of nitrogens with one attached hydrogen (secondary N) is 1. The minimum absolute atomic E-state index is 0.207. The molecular weight excluding hydrogens is 454 g/mol. The van der Waals surface area contributed by atoms with Crippen LogP contribution in [0.25, 0.3) is 11.1 Å². The summed E-state index contributed by atoms with van der Waals surface area (Å²) < 4.78 is 7.45. The summed E-state index contributed by atoms with van der Waals surface area (Å²) in [4.78, 5) is 14.9. The Labute approximate surface area is 208 Å². The smallest absolute Gasteiger partial charge is 0.276 e. The Morgan fingerprint density at radius 2 is 1.43 bits per heavy atom. The van der Waals surface area contributed by atoms with E-state index in [1.807, 2.05) is 97.1 Å². The van der Waals surface area contributed by atoms with Gasteiger partial charge in [-0.25, -0.2) is 4.68 Å². The maximum absolute atomic E-state index is 12.8. The first-order valence-corrected chi connectivity index (χ1v) is 12.0. The van der Waals surface area contributed by atoms with Crippen LogP contribution >= 0.6 is 11.8 Å². The molecule has 4 aromatic carbocycles. The number of hydrogen-bond donors (Lipinski definition) is 1. The zero-order valence-corrected chi connectivity index (χ0v) is 19.7. The van der Waals surface area contributed by atoms with Crippen molar-refractivity contribution in [1.82, 2.24) is 9.78 Å². The SMILES string of the molecule is O=C(Nc1ccccc1Sc1ccccc1)c1ccn(COc2ccc(-c3ccccc3)cc2)n1. The van der Waals surface area contributed by atoms with E-state index in [1.165, 1.54) is 0 Å². The summed E-state index contributed by atoms with van der Waals surface area (Å²) in [5, 5.41) is 7.35. The highest BCUT2D eigenvalue weighted by Crippen LogP contribution is 2.33. The van der Waals surface area contributed by atoms with E-state index in [0.717, 1.165) is 32.4 Å². The number of rotatable bonds is 8. The molecule has 1 amide bonds. The third-order valence-electron chi connectivity index (χ3n) is 5.30. The van der Waals surface area contributed by atoms with Gasteiger partial charge in [-0.3, -0.25) is 4.79 Å². The highest BCUT2D eigenvalue weighted by Gasteiger charge is 2.13. The van der Waals surface area contributed by atoms with Crippen molar-refractivity contribution in [3.8, 4) is 16.9 Å². The van der Waals surface area contributed by atoms with Crippen molar-refractivity contribution in [1.29, 1.82) is 0 Å². The molecule has 5 nitrogen and oxygen atoms in total. The average Bonchev–Trinajstić information content (AvgIpc) is 3.39. The van der Waals surface area contributed by atoms with E-state index in [1.54, 1.807) is 28.7 Å². The molecular formula is C29H23N3O2S. The molecule has 0 saturated heterocycles. The number of anilines is 1. The van der Waals surface area contributed by atoms with Crippen LogP contribution in [-0.4, -0.2) is 15.7 Å². The summed E-state index contributed by atoms with van der Waals surface area (Å²) in [5.74, 6) is 0.468. The molecule has 172 valence electrons. The fraction of sp³-hybridized carbons (Fsp3) is 0.0345. The molecule has 5 rings (SSSR count). The van der Waals surface area contributed by atoms with E-state index < -0.39 is 0 Å². The molecule has 1 heterocycles. The highest BCUT2D eigenvalue weighted by molar-refractivity contribution is 7.99. The number of ether oxygens (including phenoxy) is 1. The minimum atomic E-state index is -0.267. The number of carbonyl (C=O) groups excluding carboxylic acids is 1. The third kappa shape index (κ3) is 5.80. The van der Waals surface area contributed by atoms with Crippen molar-refractivity contribution in [2.45, 2.75) is 16.5 Å². The van der Waals surface area contributed by atoms with Crippen LogP contribution in [0.1, 0.15) is 10.5 Å². The lowest BCUT2D eigenvalue weighted by Gasteiger charge is -2.10. The van der Waals surface area contributed by atoms with Crippen LogP contribution in [0.3, 0.4) is 0 Å². The van der Waals surface area contributed by atoms with E-state index >= 15 is 0 Å². The first-order valence-electron chi connectivity index (χ1n) is 11.2. The molecule has 0 atom stereocenters. The lowest BCUT2D eigenvalue weighted by molar-refractivity contribution is 0.102. The lowest BCUT2D eigenvalue weighted by atomic mass is 10.1. The van der Waals surface area contributed by atoms with Gasteiger partial charge in [0.05, 0.1) is 5.69 Å². The number of carbonyl (C=O) groups is 1. The number of amides is 1. The molecule has 0 unspecified atom stereocenters. The molecule has 0 aliphatic heterocycles. The quantitative estimate of drug-likeness (QED) is 0.262. The summed E-state index contributed by atoms with van der Waals surface area (Å²) in [6.45, 7) is 0.207. The van der Waals surface area contributed by atoms with Crippen molar-refractivity contribution in [3.05, 3.63) is 127 Å². The molecule has 0 radical (unpaired) electrons. The molecule has 0 saturated carbocycles. The Hall–Kier alpha value is -4.29. The van der Waals surface area contributed by atoms with Gasteiger partial charge in [0.2, 0.25) is 0 Å². The van der Waals surface area contributed by atoms with Crippen LogP contribution in [0.5, 0.6) is 5.75 Å². The van der Waals surface area contributed by atoms with E-state index in [0.29, 0.717) is 5.69 Å². The van der Waals surface area contributed by atoms with Gasteiger partial charge in [-0.05, 0) is 53.6 Å². The summed E-state index contributed by atoms with van der Waals surface area (Å²) in [5.41, 5.74) is 3.36. The fourth-order valence-electron chi connectivity index (χ4n) is 3.53. The third-order valence-corrected chi connectivity index (χ3v) is 6.39. The Balaban J connectivity index is 1.20. The van der Waals surface area contributed by atoms with Crippen molar-refractivity contribution >= 4 is 23.4 Å². The molecule has 1 N–H and O–H groups in total. The summed E-state index contributed by atoms with van der Waals surface area (Å²) in [6.07, 6.45) is 1.73. The van der Waals surface area contributed by atoms with Crippen LogP contribution in [0, 0.1) is 0 Å². The number of nitrogens with zero attached hydrogens (tertiary/aromatic N) is 2. The largest absolute Gasteiger partial charge is 0.471 e. The molecule has 0 bridgehead atoms. The van der Waals surface area contributed by atoms with E-state index in [9.17, 15) is 4.79 Å². The maximum atomic E-state index is 12.8. The normalized spacial score (nSPS) is 10.6. The van der Waals surface area contributed by atoms with Gasteiger partial charge in [-0.2, -0.15) is 5.10 Å². The topological polar surface area (TPSA) is 56.2 Å². The fourth-order valence-corrected chi connectivity index (χ4v) is 4.45. The van der Waals surface area contributed by atoms with Gasteiger partial charge in [-0.1, -0.05) is 84.6 Å². The van der Waals surface area contributed by atoms with E-state index in [2.05, 4.69) is 22.5 Å². The van der Waals surface area contributed by atoms with Gasteiger partial charge in [0.1, 0.15) is 5.75 Å². The van der Waals surface area contributed by atoms with Gasteiger partial charge in [0, 0.05) is 16.0 Å². The van der Waals surface area contributed by atoms with Crippen LogP contribution in [0.15, 0.2) is 131 Å². The number of para-hydroxylation sites is 1. The zero-order chi connectivity index (χ0) is 23.9. The lowest BCUT2D eigenvalue weighted by Crippen LogP contribution is -2.14. The number of hydrogen-bond acceptors (Lipinski definition) is 4. The van der Waals surface area contributed by atoms with E-state index in [4.69, 9.17) is 4.74 Å². The van der Waals surface area contributed by atoms with Gasteiger partial charge < -0.3 is 10.1 Å². The average molecular weight is 478 g/mol. The van der Waals surface area contributed by atoms with Gasteiger partial charge in [-0.15, -0.1) is 0 Å². The van der Waals surface area contributed by atoms with Crippen LogP contribution < -0.4 is 10.1 Å². The van der Waals surface area contributed by atoms with Crippen LogP contribution in [0.2, 0.25) is 0 Å². The van der Waals surface area contributed by atoms with Crippen molar-refractivity contribution < 1.29 is 9.53 Å². The van der Waals surface area contributed by atoms with Crippen molar-refractivity contribution in [2.75, 3.05) is 5.32 Å². The second kappa shape index (κ2) is 10.8. The van der Waals surface area contributed by atoms with Crippen LogP contribution in [0.4, 0.5) is 5.69 Å². The molecule has 6 heteroatoms. The molecule has 35 heavy (non-hydrogen) atoms. The standard InChI is InChI=1S/C29H23N3O2S/c33-29(30-26-13-7-8-14-28(26)35-25-11-5-2-6-12-25)27-19-20-32(31-27)21-34-24-17-15-23(16-18-24)22-9-3-1-4-10-22/h1-20H,21H2,(H,30,33). The molecule has 5 aromatic rings. The Morgan fingerprint density at radius 3 is 2.20 bits per heavy atom. The Bertz CT molecular complexity index is 1400. The molecule has 0 aliphatic carbocycles. The molecule has 0 fully saturated rings. The first kappa shape index (κ1) is 22.5. The molecule has 0 aliphatic rings. The predicted molar refractivity (Wildman–Crippen MR) is 140 cm³/mol. The molecule has 0 spiro atoms. The summed E-state index contributed by atoms with van der Waals surface area (Å²) in [6, 6.07) is 37.6. The van der Waals surface area contributed by atoms with Crippen molar-refractivity contribution in [3.63, 3.8) is 0 Å². The van der Waals surface area contributed by atoms with Gasteiger partial charge in [0.25, 0.3) is 5.91 Å². The van der Waals surface area contributed by atoms with E-state index in [-0.39, 0.29) is 12.6 Å². The number of aromatic nitrogens is 2. The predicted octanol–water partition coefficient (Wildman–Crippen LogP) is 6.99. The van der Waals surface area contributed by atoms with Gasteiger partial charge in [0.15, 0.2) is 12.4 Å². The number of benzene rings is 4. The van der Waals surface area contributed by atoms with Crippen molar-refractivity contribution in [2.24, 2.45) is 0 Å². The highest BCUT2D eigenvalue weighted by atomic mass is 32.2. The summed E-state index contributed by atoms with van der Waals surface area (Å²) >= 11 is 1.60. The van der Waals surface area contributed by atoms with Crippen LogP contribution in [-0.2, 0) is 6.73 Å². The molecule has 1 aromatic heterocycles. The summed E-state index contributed by atoms with van der Waals surface area (Å²) in [7, 11) is 0.